The fourth-order valence-electron chi connectivity index (χ4n) is 3.46. The first kappa shape index (κ1) is 19.1. The summed E-state index contributed by atoms with van der Waals surface area (Å²) in [6, 6.07) is 7.08. The highest BCUT2D eigenvalue weighted by molar-refractivity contribution is 7.13. The summed E-state index contributed by atoms with van der Waals surface area (Å²) in [5.41, 5.74) is 2.22. The maximum Gasteiger partial charge on any atom is 0.252 e. The molecule has 3 heterocycles. The molecule has 28 heavy (non-hydrogen) atoms. The number of fused-ring (bicyclic) bond motifs is 1. The number of hydrogen-bond donors (Lipinski definition) is 1. The molecule has 6 nitrogen and oxygen atoms in total. The minimum atomic E-state index is -0.0652. The monoisotopic (exact) mass is 397 g/mol. The molecule has 0 saturated heterocycles. The quantitative estimate of drug-likeness (QED) is 0.656. The van der Waals surface area contributed by atoms with Crippen molar-refractivity contribution in [1.29, 1.82) is 0 Å². The highest BCUT2D eigenvalue weighted by Crippen LogP contribution is 2.29. The minimum absolute atomic E-state index is 0.0652. The number of carbonyl (C=O) groups excluding carboxylic acids is 1. The van der Waals surface area contributed by atoms with Crippen LogP contribution in [0, 0.1) is 0 Å². The Balaban J connectivity index is 1.65. The summed E-state index contributed by atoms with van der Waals surface area (Å²) in [5, 5.41) is 10.4. The number of rotatable bonds is 7. The van der Waals surface area contributed by atoms with Crippen LogP contribution >= 0.6 is 11.3 Å². The number of thiophene rings is 1. The van der Waals surface area contributed by atoms with E-state index in [1.807, 2.05) is 28.3 Å². The Labute approximate surface area is 169 Å². The van der Waals surface area contributed by atoms with Crippen LogP contribution in [0.2, 0.25) is 0 Å². The molecule has 1 aliphatic rings. The van der Waals surface area contributed by atoms with Crippen molar-refractivity contribution in [2.24, 2.45) is 0 Å². The van der Waals surface area contributed by atoms with Gasteiger partial charge in [-0.1, -0.05) is 6.07 Å². The van der Waals surface area contributed by atoms with Gasteiger partial charge < -0.3 is 5.32 Å². The molecule has 1 amide bonds. The molecular formula is C21H27N5OS. The normalized spacial score (nSPS) is 15.5. The number of likely N-dealkylation sites (N-methyl/N-ethyl adjacent to an activating group) is 1. The summed E-state index contributed by atoms with van der Waals surface area (Å²) in [4.78, 5) is 21.3. The lowest BCUT2D eigenvalue weighted by atomic mass is 10.1. The average Bonchev–Trinajstić information content (AvgIpc) is 3.20. The maximum absolute atomic E-state index is 13.1. The highest BCUT2D eigenvalue weighted by Gasteiger charge is 2.29. The molecule has 1 unspecified atom stereocenters. The van der Waals surface area contributed by atoms with Gasteiger partial charge in [-0.15, -0.1) is 11.3 Å². The Morgan fingerprint density at radius 3 is 2.82 bits per heavy atom. The summed E-state index contributed by atoms with van der Waals surface area (Å²) >= 11 is 1.62. The van der Waals surface area contributed by atoms with Crippen LogP contribution in [0.5, 0.6) is 0 Å². The predicted octanol–water partition coefficient (Wildman–Crippen LogP) is 3.95. The first-order valence-electron chi connectivity index (χ1n) is 9.88. The Morgan fingerprint density at radius 1 is 1.39 bits per heavy atom. The second-order valence-electron chi connectivity index (χ2n) is 7.91. The molecular weight excluding hydrogens is 370 g/mol. The third-order valence-electron chi connectivity index (χ3n) is 5.45. The number of pyridine rings is 1. The van der Waals surface area contributed by atoms with Crippen LogP contribution in [-0.2, 0) is 0 Å². The van der Waals surface area contributed by atoms with E-state index in [9.17, 15) is 4.79 Å². The Bertz CT molecular complexity index is 974. The molecule has 3 aromatic heterocycles. The lowest BCUT2D eigenvalue weighted by Crippen LogP contribution is -2.41. The molecule has 0 radical (unpaired) electrons. The van der Waals surface area contributed by atoms with E-state index in [1.54, 1.807) is 17.5 Å². The van der Waals surface area contributed by atoms with E-state index in [4.69, 9.17) is 4.98 Å². The lowest BCUT2D eigenvalue weighted by molar-refractivity contribution is 0.0941. The number of aromatic nitrogens is 3. The van der Waals surface area contributed by atoms with Crippen molar-refractivity contribution in [3.8, 4) is 10.6 Å². The predicted molar refractivity (Wildman–Crippen MR) is 114 cm³/mol. The maximum atomic E-state index is 13.1. The zero-order valence-corrected chi connectivity index (χ0v) is 17.7. The molecule has 4 rings (SSSR count). The number of amides is 1. The molecule has 1 saturated carbocycles. The van der Waals surface area contributed by atoms with E-state index < -0.39 is 0 Å². The largest absolute Gasteiger partial charge is 0.350 e. The van der Waals surface area contributed by atoms with Gasteiger partial charge in [-0.05, 0) is 58.2 Å². The van der Waals surface area contributed by atoms with Crippen LogP contribution in [0.3, 0.4) is 0 Å². The molecule has 148 valence electrons. The zero-order valence-electron chi connectivity index (χ0n) is 16.8. The van der Waals surface area contributed by atoms with E-state index in [1.165, 1.54) is 12.8 Å². The summed E-state index contributed by atoms with van der Waals surface area (Å²) in [6.45, 7) is 6.93. The van der Waals surface area contributed by atoms with Crippen LogP contribution in [-0.4, -0.2) is 51.2 Å². The molecule has 0 aliphatic heterocycles. The standard InChI is InChI=1S/C21H27N5OS/c1-13(2)26-20-17(12-23-26)16(10-18(24-20)19-6-5-9-28-19)21(27)22-11-14(3)25(4)15-7-8-15/h5-6,9-10,12-15H,7-8,11H2,1-4H3,(H,22,27). The van der Waals surface area contributed by atoms with Crippen LogP contribution in [0.1, 0.15) is 50.0 Å². The van der Waals surface area contributed by atoms with Crippen molar-refractivity contribution in [3.05, 3.63) is 35.3 Å². The van der Waals surface area contributed by atoms with Gasteiger partial charge in [0.1, 0.15) is 0 Å². The third kappa shape index (κ3) is 3.69. The molecule has 1 N–H and O–H groups in total. The van der Waals surface area contributed by atoms with Crippen LogP contribution < -0.4 is 5.32 Å². The van der Waals surface area contributed by atoms with E-state index >= 15 is 0 Å². The van der Waals surface area contributed by atoms with Crippen molar-refractivity contribution in [1.82, 2.24) is 25.0 Å². The number of carbonyl (C=O) groups is 1. The number of hydrogen-bond acceptors (Lipinski definition) is 5. The molecule has 3 aromatic rings. The molecule has 1 aliphatic carbocycles. The number of nitrogens with zero attached hydrogens (tertiary/aromatic N) is 4. The van der Waals surface area contributed by atoms with Crippen molar-refractivity contribution in [2.45, 2.75) is 51.7 Å². The van der Waals surface area contributed by atoms with Gasteiger partial charge in [-0.2, -0.15) is 5.10 Å². The molecule has 1 fully saturated rings. The lowest BCUT2D eigenvalue weighted by Gasteiger charge is -2.24. The van der Waals surface area contributed by atoms with Crippen LogP contribution in [0.4, 0.5) is 0 Å². The van der Waals surface area contributed by atoms with E-state index in [0.29, 0.717) is 24.2 Å². The van der Waals surface area contributed by atoms with Crippen molar-refractivity contribution in [2.75, 3.05) is 13.6 Å². The van der Waals surface area contributed by atoms with E-state index in [2.05, 4.69) is 43.1 Å². The summed E-state index contributed by atoms with van der Waals surface area (Å²) in [6.07, 6.45) is 4.28. The van der Waals surface area contributed by atoms with Gasteiger partial charge in [0, 0.05) is 24.7 Å². The van der Waals surface area contributed by atoms with Gasteiger partial charge in [0.25, 0.3) is 5.91 Å². The molecule has 0 aromatic carbocycles. The van der Waals surface area contributed by atoms with Gasteiger partial charge in [-0.3, -0.25) is 9.69 Å². The molecule has 0 spiro atoms. The van der Waals surface area contributed by atoms with Gasteiger partial charge >= 0.3 is 0 Å². The number of nitrogens with one attached hydrogen (secondary N) is 1. The second-order valence-corrected chi connectivity index (χ2v) is 8.86. The van der Waals surface area contributed by atoms with Crippen molar-refractivity contribution in [3.63, 3.8) is 0 Å². The Kier molecular flexibility index (Phi) is 5.21. The molecule has 0 bridgehead atoms. The third-order valence-corrected chi connectivity index (χ3v) is 6.34. The first-order valence-corrected chi connectivity index (χ1v) is 10.8. The topological polar surface area (TPSA) is 63.1 Å². The molecule has 7 heteroatoms. The average molecular weight is 398 g/mol. The van der Waals surface area contributed by atoms with Crippen LogP contribution in [0.25, 0.3) is 21.6 Å². The fraction of sp³-hybridized carbons (Fsp3) is 0.476. The zero-order chi connectivity index (χ0) is 19.8. The van der Waals surface area contributed by atoms with Crippen molar-refractivity contribution < 1.29 is 4.79 Å². The minimum Gasteiger partial charge on any atom is -0.350 e. The fourth-order valence-corrected chi connectivity index (χ4v) is 4.14. The smallest absolute Gasteiger partial charge is 0.252 e. The SMILES string of the molecule is CC(CNC(=O)c1cc(-c2cccs2)nc2c1cnn2C(C)C)N(C)C1CC1. The van der Waals surface area contributed by atoms with Crippen LogP contribution in [0.15, 0.2) is 29.8 Å². The second kappa shape index (κ2) is 7.64. The Hall–Kier alpha value is -2.25. The summed E-state index contributed by atoms with van der Waals surface area (Å²) < 4.78 is 1.88. The van der Waals surface area contributed by atoms with Gasteiger partial charge in [0.2, 0.25) is 0 Å². The van der Waals surface area contributed by atoms with E-state index in [0.717, 1.165) is 21.6 Å². The van der Waals surface area contributed by atoms with Gasteiger partial charge in [0.05, 0.1) is 27.7 Å². The van der Waals surface area contributed by atoms with Gasteiger partial charge in [-0.25, -0.2) is 9.67 Å². The molecule has 1 atom stereocenters. The van der Waals surface area contributed by atoms with Crippen molar-refractivity contribution >= 4 is 28.3 Å². The first-order chi connectivity index (χ1) is 13.5. The van der Waals surface area contributed by atoms with E-state index in [-0.39, 0.29) is 11.9 Å². The Morgan fingerprint density at radius 2 is 2.18 bits per heavy atom. The van der Waals surface area contributed by atoms with Gasteiger partial charge in [0.15, 0.2) is 5.65 Å². The summed E-state index contributed by atoms with van der Waals surface area (Å²) in [7, 11) is 2.14. The highest BCUT2D eigenvalue weighted by atomic mass is 32.1. The summed E-state index contributed by atoms with van der Waals surface area (Å²) in [5.74, 6) is -0.0652.